The molecular weight excluding hydrogens is 400 g/mol. The lowest BCUT2D eigenvalue weighted by atomic mass is 9.97. The molecule has 2 heterocycles. The third-order valence-corrected chi connectivity index (χ3v) is 5.92. The van der Waals surface area contributed by atoms with E-state index in [1.54, 1.807) is 6.07 Å². The van der Waals surface area contributed by atoms with Crippen LogP contribution in [0, 0.1) is 13.8 Å². The number of ether oxygens (including phenoxy) is 2. The molecule has 0 bridgehead atoms. The van der Waals surface area contributed by atoms with Gasteiger partial charge in [-0.05, 0) is 53.8 Å². The second-order valence-corrected chi connectivity index (χ2v) is 8.06. The average molecular weight is 425 g/mol. The summed E-state index contributed by atoms with van der Waals surface area (Å²) in [5, 5.41) is 0. The third kappa shape index (κ3) is 3.89. The van der Waals surface area contributed by atoms with E-state index in [4.69, 9.17) is 9.47 Å². The summed E-state index contributed by atoms with van der Waals surface area (Å²) < 4.78 is 13.9. The van der Waals surface area contributed by atoms with Gasteiger partial charge in [-0.15, -0.1) is 0 Å². The van der Waals surface area contributed by atoms with Crippen LogP contribution in [0.4, 0.5) is 0 Å². The zero-order chi connectivity index (χ0) is 22.1. The van der Waals surface area contributed by atoms with Crippen molar-refractivity contribution in [1.82, 2.24) is 9.55 Å². The van der Waals surface area contributed by atoms with Crippen LogP contribution in [0.3, 0.4) is 0 Å². The molecule has 1 aromatic heterocycles. The van der Waals surface area contributed by atoms with Crippen LogP contribution in [0.5, 0.6) is 11.8 Å². The lowest BCUT2D eigenvalue weighted by molar-refractivity contribution is 0.143. The molecule has 1 aliphatic heterocycles. The number of hydrogen-bond donors (Lipinski definition) is 0. The monoisotopic (exact) mass is 424 g/mol. The first-order chi connectivity index (χ1) is 15.6. The molecule has 1 aliphatic rings. The van der Waals surface area contributed by atoms with Crippen LogP contribution in [0.2, 0.25) is 0 Å². The first-order valence-electron chi connectivity index (χ1n) is 10.7. The Labute approximate surface area is 186 Å². The second kappa shape index (κ2) is 8.35. The van der Waals surface area contributed by atoms with E-state index in [2.05, 4.69) is 49.2 Å². The number of rotatable bonds is 5. The van der Waals surface area contributed by atoms with Crippen molar-refractivity contribution in [2.24, 2.45) is 0 Å². The van der Waals surface area contributed by atoms with Gasteiger partial charge >= 0.3 is 6.01 Å². The van der Waals surface area contributed by atoms with Gasteiger partial charge in [0, 0.05) is 6.07 Å². The summed E-state index contributed by atoms with van der Waals surface area (Å²) >= 11 is 0. The Bertz CT molecular complexity index is 1310. The highest BCUT2D eigenvalue weighted by molar-refractivity contribution is 5.69. The van der Waals surface area contributed by atoms with Crippen molar-refractivity contribution in [3.63, 3.8) is 0 Å². The van der Waals surface area contributed by atoms with Gasteiger partial charge in [0.05, 0.1) is 12.2 Å². The minimum absolute atomic E-state index is 0.217. The molecule has 0 unspecified atom stereocenters. The van der Waals surface area contributed by atoms with Gasteiger partial charge in [-0.1, -0.05) is 60.7 Å². The van der Waals surface area contributed by atoms with Crippen molar-refractivity contribution < 1.29 is 9.47 Å². The lowest BCUT2D eigenvalue weighted by Crippen LogP contribution is -2.23. The number of nitrogens with zero attached hydrogens (tertiary/aromatic N) is 2. The summed E-state index contributed by atoms with van der Waals surface area (Å²) in [6.07, 6.45) is -0.217. The van der Waals surface area contributed by atoms with E-state index in [9.17, 15) is 4.79 Å². The molecule has 0 fully saturated rings. The molecule has 5 heteroatoms. The Hall–Kier alpha value is -3.86. The predicted molar refractivity (Wildman–Crippen MR) is 125 cm³/mol. The van der Waals surface area contributed by atoms with Crippen LogP contribution in [-0.2, 0) is 6.54 Å². The summed E-state index contributed by atoms with van der Waals surface area (Å²) in [5.41, 5.74) is 6.42. The van der Waals surface area contributed by atoms with E-state index in [1.165, 1.54) is 22.3 Å². The number of fused-ring (bicyclic) bond motifs is 1. The quantitative estimate of drug-likeness (QED) is 0.451. The van der Waals surface area contributed by atoms with E-state index in [0.717, 1.165) is 17.0 Å². The predicted octanol–water partition coefficient (Wildman–Crippen LogP) is 5.03. The molecule has 160 valence electrons. The maximum Gasteiger partial charge on any atom is 0.300 e. The highest BCUT2D eigenvalue weighted by atomic mass is 16.6. The first kappa shape index (κ1) is 20.1. The van der Waals surface area contributed by atoms with Crippen molar-refractivity contribution in [2.45, 2.75) is 26.5 Å². The smallest absolute Gasteiger partial charge is 0.300 e. The van der Waals surface area contributed by atoms with Crippen LogP contribution >= 0.6 is 0 Å². The maximum absolute atomic E-state index is 12.1. The van der Waals surface area contributed by atoms with Gasteiger partial charge in [-0.25, -0.2) is 0 Å². The highest BCUT2D eigenvalue weighted by Gasteiger charge is 2.27. The Kier molecular flexibility index (Phi) is 5.23. The molecular formula is C27H24N2O3. The van der Waals surface area contributed by atoms with E-state index < -0.39 is 0 Å². The minimum atomic E-state index is -0.307. The van der Waals surface area contributed by atoms with Crippen LogP contribution in [0.25, 0.3) is 22.4 Å². The molecule has 1 atom stereocenters. The number of hydrogen-bond acceptors (Lipinski definition) is 4. The Morgan fingerprint density at radius 1 is 0.969 bits per heavy atom. The van der Waals surface area contributed by atoms with Gasteiger partial charge in [0.1, 0.15) is 12.4 Å². The molecule has 3 aromatic carbocycles. The molecule has 5 nitrogen and oxygen atoms in total. The minimum Gasteiger partial charge on any atom is -0.490 e. The zero-order valence-corrected chi connectivity index (χ0v) is 18.1. The molecule has 5 rings (SSSR count). The zero-order valence-electron chi connectivity index (χ0n) is 18.1. The molecule has 0 saturated carbocycles. The molecule has 0 spiro atoms. The molecule has 0 amide bonds. The Morgan fingerprint density at radius 3 is 2.53 bits per heavy atom. The van der Waals surface area contributed by atoms with E-state index in [0.29, 0.717) is 19.2 Å². The van der Waals surface area contributed by atoms with Crippen molar-refractivity contribution >= 4 is 0 Å². The van der Waals surface area contributed by atoms with Crippen LogP contribution in [0.15, 0.2) is 83.7 Å². The molecule has 0 aliphatic carbocycles. The summed E-state index contributed by atoms with van der Waals surface area (Å²) in [6, 6.07) is 26.2. The number of benzene rings is 3. The fraction of sp³-hybridized carbons (Fsp3) is 0.185. The summed E-state index contributed by atoms with van der Waals surface area (Å²) in [5.74, 6) is 0.782. The first-order valence-corrected chi connectivity index (χ1v) is 10.7. The standard InChI is InChI=1S/C27H24N2O3/c1-18-7-6-10-24(19(18)2)20-11-13-22(14-12-20)31-17-23-16-29-25(21-8-4-3-5-9-21)15-26(30)28-27(29)32-23/h3-15,23H,16-17H2,1-2H3/t23-/m0/s1. The molecule has 4 aromatic rings. The van der Waals surface area contributed by atoms with Crippen molar-refractivity contribution in [3.8, 4) is 34.1 Å². The second-order valence-electron chi connectivity index (χ2n) is 8.06. The largest absolute Gasteiger partial charge is 0.490 e. The number of aromatic nitrogens is 2. The van der Waals surface area contributed by atoms with Gasteiger partial charge in [0.15, 0.2) is 6.10 Å². The van der Waals surface area contributed by atoms with Crippen molar-refractivity contribution in [1.29, 1.82) is 0 Å². The summed E-state index contributed by atoms with van der Waals surface area (Å²) in [4.78, 5) is 16.1. The van der Waals surface area contributed by atoms with Crippen LogP contribution in [0.1, 0.15) is 11.1 Å². The van der Waals surface area contributed by atoms with Gasteiger partial charge in [0.2, 0.25) is 0 Å². The SMILES string of the molecule is Cc1cccc(-c2ccc(OC[C@@H]3Cn4c(-c5ccccc5)cc(=O)nc4O3)cc2)c1C. The third-order valence-electron chi connectivity index (χ3n) is 5.92. The normalized spacial score (nSPS) is 14.6. The van der Waals surface area contributed by atoms with Crippen LogP contribution in [-0.4, -0.2) is 22.3 Å². The molecule has 0 saturated heterocycles. The fourth-order valence-electron chi connectivity index (χ4n) is 4.06. The number of aryl methyl sites for hydroxylation is 1. The van der Waals surface area contributed by atoms with Crippen molar-refractivity contribution in [3.05, 3.63) is 100 Å². The van der Waals surface area contributed by atoms with Gasteiger partial charge in [-0.3, -0.25) is 9.36 Å². The van der Waals surface area contributed by atoms with E-state index >= 15 is 0 Å². The van der Waals surface area contributed by atoms with Crippen LogP contribution < -0.4 is 15.0 Å². The van der Waals surface area contributed by atoms with Gasteiger partial charge in [-0.2, -0.15) is 4.98 Å². The van der Waals surface area contributed by atoms with E-state index in [-0.39, 0.29) is 11.7 Å². The summed E-state index contributed by atoms with van der Waals surface area (Å²) in [6.45, 7) is 5.22. The molecule has 32 heavy (non-hydrogen) atoms. The topological polar surface area (TPSA) is 53.4 Å². The fourth-order valence-corrected chi connectivity index (χ4v) is 4.06. The van der Waals surface area contributed by atoms with Gasteiger partial charge < -0.3 is 9.47 Å². The van der Waals surface area contributed by atoms with Crippen molar-refractivity contribution in [2.75, 3.05) is 6.61 Å². The average Bonchev–Trinajstić information content (AvgIpc) is 3.23. The van der Waals surface area contributed by atoms with Gasteiger partial charge in [0.25, 0.3) is 5.56 Å². The Balaban J connectivity index is 1.29. The molecule has 0 radical (unpaired) electrons. The van der Waals surface area contributed by atoms with E-state index in [1.807, 2.05) is 47.0 Å². The highest BCUT2D eigenvalue weighted by Crippen LogP contribution is 2.29. The lowest BCUT2D eigenvalue weighted by Gasteiger charge is -2.13. The summed E-state index contributed by atoms with van der Waals surface area (Å²) in [7, 11) is 0. The maximum atomic E-state index is 12.1. The Morgan fingerprint density at radius 2 is 1.75 bits per heavy atom. The molecule has 0 N–H and O–H groups in total.